The molecule has 138 valence electrons. The number of hydrogen-bond donors (Lipinski definition) is 1. The van der Waals surface area contributed by atoms with Crippen LogP contribution in [0.2, 0.25) is 0 Å². The number of thiophene rings is 1. The molecule has 4 nitrogen and oxygen atoms in total. The number of benzene rings is 2. The van der Waals surface area contributed by atoms with Gasteiger partial charge < -0.3 is 10.2 Å². The average Bonchev–Trinajstić information content (AvgIpc) is 3.21. The van der Waals surface area contributed by atoms with E-state index in [-0.39, 0.29) is 11.8 Å². The number of carbonyl (C=O) groups excluding carboxylic acids is 2. The minimum absolute atomic E-state index is 0.102. The minimum atomic E-state index is -0.622. The van der Waals surface area contributed by atoms with Crippen LogP contribution in [0.4, 0.5) is 0 Å². The zero-order chi connectivity index (χ0) is 19.1. The average molecular weight is 378 g/mol. The zero-order valence-corrected chi connectivity index (χ0v) is 16.0. The second-order valence-corrected chi connectivity index (χ2v) is 7.19. The van der Waals surface area contributed by atoms with Crippen LogP contribution in [-0.4, -0.2) is 29.8 Å². The summed E-state index contributed by atoms with van der Waals surface area (Å²) in [6, 6.07) is 20.1. The molecule has 0 radical (unpaired) electrons. The Labute approximate surface area is 163 Å². The Morgan fingerprint density at radius 1 is 0.963 bits per heavy atom. The maximum absolute atomic E-state index is 13.1. The van der Waals surface area contributed by atoms with Crippen LogP contribution in [0.1, 0.15) is 21.5 Å². The molecule has 0 aliphatic heterocycles. The van der Waals surface area contributed by atoms with Gasteiger partial charge in [0.2, 0.25) is 5.91 Å². The second kappa shape index (κ2) is 9.14. The van der Waals surface area contributed by atoms with E-state index < -0.39 is 6.04 Å². The fraction of sp³-hybridized carbons (Fsp3) is 0.182. The predicted octanol–water partition coefficient (Wildman–Crippen LogP) is 3.75. The molecule has 1 unspecified atom stereocenters. The van der Waals surface area contributed by atoms with Gasteiger partial charge in [-0.25, -0.2) is 0 Å². The lowest BCUT2D eigenvalue weighted by molar-refractivity contribution is -0.132. The number of nitrogens with zero attached hydrogens (tertiary/aromatic N) is 1. The van der Waals surface area contributed by atoms with E-state index in [1.165, 1.54) is 0 Å². The Morgan fingerprint density at radius 2 is 1.63 bits per heavy atom. The van der Waals surface area contributed by atoms with Crippen molar-refractivity contribution in [1.82, 2.24) is 10.2 Å². The lowest BCUT2D eigenvalue weighted by Crippen LogP contribution is -2.48. The van der Waals surface area contributed by atoms with E-state index in [0.29, 0.717) is 18.5 Å². The van der Waals surface area contributed by atoms with Crippen LogP contribution in [0.5, 0.6) is 0 Å². The molecule has 0 saturated carbocycles. The molecule has 0 aliphatic carbocycles. The van der Waals surface area contributed by atoms with E-state index in [0.717, 1.165) is 11.1 Å². The summed E-state index contributed by atoms with van der Waals surface area (Å²) >= 11 is 1.60. The normalized spacial score (nSPS) is 11.6. The van der Waals surface area contributed by atoms with Gasteiger partial charge >= 0.3 is 0 Å². The molecule has 1 atom stereocenters. The third-order valence-corrected chi connectivity index (χ3v) is 5.03. The van der Waals surface area contributed by atoms with E-state index in [1.54, 1.807) is 35.4 Å². The molecule has 1 aromatic heterocycles. The second-order valence-electron chi connectivity index (χ2n) is 6.41. The summed E-state index contributed by atoms with van der Waals surface area (Å²) in [5.41, 5.74) is 2.64. The molecular weight excluding hydrogens is 356 g/mol. The minimum Gasteiger partial charge on any atom is -0.340 e. The molecule has 2 aromatic carbocycles. The number of rotatable bonds is 7. The highest BCUT2D eigenvalue weighted by Crippen LogP contribution is 2.12. The molecule has 27 heavy (non-hydrogen) atoms. The van der Waals surface area contributed by atoms with E-state index >= 15 is 0 Å². The van der Waals surface area contributed by atoms with Crippen LogP contribution in [0.25, 0.3) is 0 Å². The summed E-state index contributed by atoms with van der Waals surface area (Å²) in [7, 11) is 1.77. The Balaban J connectivity index is 1.76. The van der Waals surface area contributed by atoms with Crippen molar-refractivity contribution in [3.8, 4) is 0 Å². The number of amides is 2. The van der Waals surface area contributed by atoms with Gasteiger partial charge in [0.25, 0.3) is 5.91 Å². The van der Waals surface area contributed by atoms with Gasteiger partial charge in [-0.15, -0.1) is 0 Å². The van der Waals surface area contributed by atoms with E-state index in [9.17, 15) is 9.59 Å². The number of carbonyl (C=O) groups is 2. The summed E-state index contributed by atoms with van der Waals surface area (Å²) in [6.45, 7) is 0.523. The SMILES string of the molecule is CN(Cc1ccsc1)C(=O)C(Cc1ccccc1)NC(=O)c1ccccc1. The van der Waals surface area contributed by atoms with Gasteiger partial charge in [-0.3, -0.25) is 9.59 Å². The van der Waals surface area contributed by atoms with Crippen LogP contribution in [0, 0.1) is 0 Å². The molecule has 0 saturated heterocycles. The van der Waals surface area contributed by atoms with Crippen molar-refractivity contribution in [3.05, 3.63) is 94.2 Å². The molecule has 3 aromatic rings. The van der Waals surface area contributed by atoms with Gasteiger partial charge in [-0.05, 0) is 40.1 Å². The molecule has 0 fully saturated rings. The van der Waals surface area contributed by atoms with E-state index in [4.69, 9.17) is 0 Å². The molecule has 3 rings (SSSR count). The van der Waals surface area contributed by atoms with Crippen molar-refractivity contribution in [1.29, 1.82) is 0 Å². The monoisotopic (exact) mass is 378 g/mol. The number of hydrogen-bond acceptors (Lipinski definition) is 3. The van der Waals surface area contributed by atoms with Crippen molar-refractivity contribution in [2.24, 2.45) is 0 Å². The number of likely N-dealkylation sites (N-methyl/N-ethyl adjacent to an activating group) is 1. The van der Waals surface area contributed by atoms with E-state index in [2.05, 4.69) is 5.32 Å². The first-order chi connectivity index (χ1) is 13.1. The Hall–Kier alpha value is -2.92. The van der Waals surface area contributed by atoms with Crippen LogP contribution in [0.15, 0.2) is 77.5 Å². The summed E-state index contributed by atoms with van der Waals surface area (Å²) in [5, 5.41) is 6.93. The summed E-state index contributed by atoms with van der Waals surface area (Å²) < 4.78 is 0. The Bertz CT molecular complexity index is 864. The van der Waals surface area contributed by atoms with Gasteiger partial charge in [-0.2, -0.15) is 11.3 Å². The highest BCUT2D eigenvalue weighted by molar-refractivity contribution is 7.07. The first-order valence-electron chi connectivity index (χ1n) is 8.79. The van der Waals surface area contributed by atoms with Gasteiger partial charge in [0.05, 0.1) is 0 Å². The first kappa shape index (κ1) is 18.9. The smallest absolute Gasteiger partial charge is 0.251 e. The van der Waals surface area contributed by atoms with Crippen molar-refractivity contribution >= 4 is 23.2 Å². The van der Waals surface area contributed by atoms with Crippen LogP contribution >= 0.6 is 11.3 Å². The largest absolute Gasteiger partial charge is 0.340 e. The van der Waals surface area contributed by atoms with Crippen molar-refractivity contribution in [2.45, 2.75) is 19.0 Å². The van der Waals surface area contributed by atoms with Gasteiger partial charge in [0, 0.05) is 25.6 Å². The molecule has 0 spiro atoms. The standard InChI is InChI=1S/C22H22N2O2S/c1-24(15-18-12-13-27-16-18)22(26)20(14-17-8-4-2-5-9-17)23-21(25)19-10-6-3-7-11-19/h2-13,16,20H,14-15H2,1H3,(H,23,25). The lowest BCUT2D eigenvalue weighted by atomic mass is 10.0. The molecule has 2 amide bonds. The van der Waals surface area contributed by atoms with Gasteiger partial charge in [-0.1, -0.05) is 48.5 Å². The quantitative estimate of drug-likeness (QED) is 0.681. The maximum Gasteiger partial charge on any atom is 0.251 e. The first-order valence-corrected chi connectivity index (χ1v) is 9.73. The topological polar surface area (TPSA) is 49.4 Å². The van der Waals surface area contributed by atoms with Crippen molar-refractivity contribution in [3.63, 3.8) is 0 Å². The Morgan fingerprint density at radius 3 is 2.26 bits per heavy atom. The van der Waals surface area contributed by atoms with Crippen LogP contribution < -0.4 is 5.32 Å². The fourth-order valence-corrected chi connectivity index (χ4v) is 3.54. The zero-order valence-electron chi connectivity index (χ0n) is 15.2. The summed E-state index contributed by atoms with van der Waals surface area (Å²) in [5.74, 6) is -0.344. The Kier molecular flexibility index (Phi) is 6.39. The summed E-state index contributed by atoms with van der Waals surface area (Å²) in [4.78, 5) is 27.3. The maximum atomic E-state index is 13.1. The van der Waals surface area contributed by atoms with Crippen LogP contribution in [-0.2, 0) is 17.8 Å². The number of nitrogens with one attached hydrogen (secondary N) is 1. The highest BCUT2D eigenvalue weighted by atomic mass is 32.1. The van der Waals surface area contributed by atoms with E-state index in [1.807, 2.05) is 65.4 Å². The molecule has 1 N–H and O–H groups in total. The fourth-order valence-electron chi connectivity index (χ4n) is 2.88. The molecule has 5 heteroatoms. The van der Waals surface area contributed by atoms with Gasteiger partial charge in [0.15, 0.2) is 0 Å². The lowest BCUT2D eigenvalue weighted by Gasteiger charge is -2.24. The molecular formula is C22H22N2O2S. The van der Waals surface area contributed by atoms with Crippen molar-refractivity contribution in [2.75, 3.05) is 7.05 Å². The predicted molar refractivity (Wildman–Crippen MR) is 109 cm³/mol. The molecule has 1 heterocycles. The highest BCUT2D eigenvalue weighted by Gasteiger charge is 2.25. The van der Waals surface area contributed by atoms with Crippen LogP contribution in [0.3, 0.4) is 0 Å². The van der Waals surface area contributed by atoms with Gasteiger partial charge in [0.1, 0.15) is 6.04 Å². The third-order valence-electron chi connectivity index (χ3n) is 4.30. The summed E-state index contributed by atoms with van der Waals surface area (Å²) in [6.07, 6.45) is 0.451. The molecule has 0 bridgehead atoms. The van der Waals surface area contributed by atoms with Crippen molar-refractivity contribution < 1.29 is 9.59 Å². The molecule has 0 aliphatic rings. The third kappa shape index (κ3) is 5.28.